The van der Waals surface area contributed by atoms with Crippen molar-refractivity contribution in [3.8, 4) is 0 Å². The van der Waals surface area contributed by atoms with Gasteiger partial charge >= 0.3 is 4.87 Å². The minimum Gasteiger partial charge on any atom is -0.322 e. The van der Waals surface area contributed by atoms with Gasteiger partial charge in [-0.2, -0.15) is 0 Å². The van der Waals surface area contributed by atoms with Crippen molar-refractivity contribution in [2.24, 2.45) is 0 Å². The number of rotatable bonds is 4. The third kappa shape index (κ3) is 3.81. The van der Waals surface area contributed by atoms with Crippen LogP contribution in [-0.4, -0.2) is 16.8 Å². The normalized spacial score (nSPS) is 10.7. The number of fused-ring (bicyclic) bond motifs is 1. The van der Waals surface area contributed by atoms with Crippen LogP contribution < -0.4 is 15.5 Å². The largest absolute Gasteiger partial charge is 0.322 e. The number of carbonyl (C=O) groups is 2. The summed E-state index contributed by atoms with van der Waals surface area (Å²) in [6.07, 6.45) is 0. The molecule has 2 aromatic heterocycles. The highest BCUT2D eigenvalue weighted by atomic mass is 32.1. The lowest BCUT2D eigenvalue weighted by Crippen LogP contribution is -2.14. The molecule has 27 heavy (non-hydrogen) atoms. The van der Waals surface area contributed by atoms with Crippen LogP contribution in [0.15, 0.2) is 64.8 Å². The first-order valence-corrected chi connectivity index (χ1v) is 9.67. The number of aromatic nitrogens is 1. The number of thiophene rings is 1. The van der Waals surface area contributed by atoms with Crippen LogP contribution in [0.4, 0.5) is 11.4 Å². The molecule has 4 rings (SSSR count). The Hall–Kier alpha value is -3.23. The van der Waals surface area contributed by atoms with Crippen LogP contribution in [-0.2, 0) is 0 Å². The fourth-order valence-corrected chi connectivity index (χ4v) is 3.96. The number of hydrogen-bond acceptors (Lipinski definition) is 5. The number of amides is 2. The van der Waals surface area contributed by atoms with Crippen LogP contribution in [0.2, 0.25) is 0 Å². The van der Waals surface area contributed by atoms with Gasteiger partial charge in [-0.15, -0.1) is 11.3 Å². The molecule has 0 saturated carbocycles. The van der Waals surface area contributed by atoms with Crippen molar-refractivity contribution in [3.05, 3.63) is 80.1 Å². The molecule has 0 fully saturated rings. The van der Waals surface area contributed by atoms with E-state index < -0.39 is 0 Å². The van der Waals surface area contributed by atoms with E-state index >= 15 is 0 Å². The van der Waals surface area contributed by atoms with Crippen molar-refractivity contribution >= 4 is 56.1 Å². The van der Waals surface area contributed by atoms with Crippen LogP contribution in [0.25, 0.3) is 10.2 Å². The topological polar surface area (TPSA) is 91.1 Å². The molecule has 2 aromatic carbocycles. The molecule has 0 aliphatic carbocycles. The van der Waals surface area contributed by atoms with Gasteiger partial charge in [-0.05, 0) is 47.8 Å². The Labute approximate surface area is 161 Å². The molecule has 2 amide bonds. The molecule has 8 heteroatoms. The van der Waals surface area contributed by atoms with E-state index in [1.54, 1.807) is 54.6 Å². The third-order valence-corrected chi connectivity index (χ3v) is 5.52. The van der Waals surface area contributed by atoms with Gasteiger partial charge in [0.05, 0.1) is 15.1 Å². The number of hydrogen-bond donors (Lipinski definition) is 3. The fraction of sp³-hybridized carbons (Fsp3) is 0. The highest BCUT2D eigenvalue weighted by molar-refractivity contribution is 7.16. The zero-order valence-electron chi connectivity index (χ0n) is 13.8. The van der Waals surface area contributed by atoms with E-state index in [9.17, 15) is 14.4 Å². The Morgan fingerprint density at radius 1 is 0.889 bits per heavy atom. The van der Waals surface area contributed by atoms with Crippen molar-refractivity contribution in [1.82, 2.24) is 4.98 Å². The number of aromatic amines is 1. The van der Waals surface area contributed by atoms with Crippen LogP contribution in [0.1, 0.15) is 20.0 Å². The van der Waals surface area contributed by atoms with Gasteiger partial charge in [0.2, 0.25) is 0 Å². The zero-order valence-corrected chi connectivity index (χ0v) is 15.4. The molecular formula is C19H13N3O3S2. The van der Waals surface area contributed by atoms with Gasteiger partial charge < -0.3 is 15.6 Å². The van der Waals surface area contributed by atoms with E-state index in [0.717, 1.165) is 21.6 Å². The Kier molecular flexibility index (Phi) is 4.57. The molecule has 0 bridgehead atoms. The molecule has 2 heterocycles. The summed E-state index contributed by atoms with van der Waals surface area (Å²) in [5.41, 5.74) is 2.29. The number of carbonyl (C=O) groups excluding carboxylic acids is 2. The molecule has 0 aliphatic heterocycles. The van der Waals surface area contributed by atoms with E-state index in [4.69, 9.17) is 0 Å². The SMILES string of the molecule is O=C(Nc1ccc2[nH]c(=O)sc2c1)c1cccc(NC(=O)c2cccs2)c1. The molecule has 0 saturated heterocycles. The fourth-order valence-electron chi connectivity index (χ4n) is 2.57. The summed E-state index contributed by atoms with van der Waals surface area (Å²) in [5, 5.41) is 7.42. The Morgan fingerprint density at radius 2 is 1.70 bits per heavy atom. The van der Waals surface area contributed by atoms with Gasteiger partial charge in [-0.3, -0.25) is 14.4 Å². The Morgan fingerprint density at radius 3 is 2.52 bits per heavy atom. The van der Waals surface area contributed by atoms with Crippen molar-refractivity contribution in [1.29, 1.82) is 0 Å². The van der Waals surface area contributed by atoms with Crippen molar-refractivity contribution < 1.29 is 9.59 Å². The summed E-state index contributed by atoms with van der Waals surface area (Å²) in [6.45, 7) is 0. The number of anilines is 2. The lowest BCUT2D eigenvalue weighted by Gasteiger charge is -2.08. The lowest BCUT2D eigenvalue weighted by atomic mass is 10.1. The second-order valence-electron chi connectivity index (χ2n) is 5.69. The molecule has 4 aromatic rings. The first kappa shape index (κ1) is 17.2. The van der Waals surface area contributed by atoms with Crippen molar-refractivity contribution in [2.75, 3.05) is 10.6 Å². The highest BCUT2D eigenvalue weighted by Crippen LogP contribution is 2.21. The predicted molar refractivity (Wildman–Crippen MR) is 109 cm³/mol. The Bertz CT molecular complexity index is 1190. The summed E-state index contributed by atoms with van der Waals surface area (Å²) < 4.78 is 0.773. The first-order chi connectivity index (χ1) is 13.1. The Balaban J connectivity index is 1.51. The van der Waals surface area contributed by atoms with Crippen LogP contribution in [0.3, 0.4) is 0 Å². The quantitative estimate of drug-likeness (QED) is 0.485. The molecule has 0 spiro atoms. The maximum Gasteiger partial charge on any atom is 0.305 e. The highest BCUT2D eigenvalue weighted by Gasteiger charge is 2.11. The molecule has 0 atom stereocenters. The van der Waals surface area contributed by atoms with E-state index in [0.29, 0.717) is 21.8 Å². The second-order valence-corrected chi connectivity index (χ2v) is 7.65. The summed E-state index contributed by atoms with van der Waals surface area (Å²) in [5.74, 6) is -0.514. The molecule has 0 radical (unpaired) electrons. The van der Waals surface area contributed by atoms with E-state index in [1.807, 2.05) is 5.38 Å². The second kappa shape index (κ2) is 7.18. The minimum absolute atomic E-state index is 0.136. The molecule has 0 unspecified atom stereocenters. The number of thiazole rings is 1. The summed E-state index contributed by atoms with van der Waals surface area (Å²) in [6, 6.07) is 15.5. The zero-order chi connectivity index (χ0) is 18.8. The van der Waals surface area contributed by atoms with Crippen molar-refractivity contribution in [2.45, 2.75) is 0 Å². The van der Waals surface area contributed by atoms with Crippen LogP contribution in [0, 0.1) is 0 Å². The van der Waals surface area contributed by atoms with Gasteiger partial charge in [-0.1, -0.05) is 23.5 Å². The maximum atomic E-state index is 12.5. The summed E-state index contributed by atoms with van der Waals surface area (Å²) >= 11 is 2.44. The monoisotopic (exact) mass is 395 g/mol. The minimum atomic E-state index is -0.301. The van der Waals surface area contributed by atoms with Crippen molar-refractivity contribution in [3.63, 3.8) is 0 Å². The predicted octanol–water partition coefficient (Wildman–Crippen LogP) is 4.16. The number of nitrogens with one attached hydrogen (secondary N) is 3. The van der Waals surface area contributed by atoms with Gasteiger partial charge in [0.25, 0.3) is 11.8 Å². The molecule has 6 nitrogen and oxygen atoms in total. The summed E-state index contributed by atoms with van der Waals surface area (Å²) in [4.78, 5) is 39.3. The smallest absolute Gasteiger partial charge is 0.305 e. The third-order valence-electron chi connectivity index (χ3n) is 3.81. The summed E-state index contributed by atoms with van der Waals surface area (Å²) in [7, 11) is 0. The number of benzene rings is 2. The van der Waals surface area contributed by atoms with Gasteiger partial charge in [0, 0.05) is 16.9 Å². The van der Waals surface area contributed by atoms with Gasteiger partial charge in [-0.25, -0.2) is 0 Å². The van der Waals surface area contributed by atoms with Crippen LogP contribution >= 0.6 is 22.7 Å². The lowest BCUT2D eigenvalue weighted by molar-refractivity contribution is 0.101. The van der Waals surface area contributed by atoms with Gasteiger partial charge in [0.1, 0.15) is 0 Å². The standard InChI is InChI=1S/C19H13N3O3S2/c23-17(20-13-6-7-14-16(10-13)27-19(25)22-14)11-3-1-4-12(9-11)21-18(24)15-5-2-8-26-15/h1-10H,(H,20,23)(H,21,24)(H,22,25). The maximum absolute atomic E-state index is 12.5. The molecular weight excluding hydrogens is 382 g/mol. The molecule has 0 aliphatic rings. The first-order valence-electron chi connectivity index (χ1n) is 7.98. The van der Waals surface area contributed by atoms with Gasteiger partial charge in [0.15, 0.2) is 0 Å². The van der Waals surface area contributed by atoms with E-state index in [-0.39, 0.29) is 16.7 Å². The van der Waals surface area contributed by atoms with E-state index in [1.165, 1.54) is 11.3 Å². The average Bonchev–Trinajstić information content (AvgIpc) is 3.30. The molecule has 134 valence electrons. The number of H-pyrrole nitrogens is 1. The molecule has 3 N–H and O–H groups in total. The average molecular weight is 395 g/mol. The van der Waals surface area contributed by atoms with E-state index in [2.05, 4.69) is 15.6 Å². The van der Waals surface area contributed by atoms with Crippen LogP contribution in [0.5, 0.6) is 0 Å².